The van der Waals surface area contributed by atoms with Crippen LogP contribution in [0.4, 0.5) is 13.2 Å². The standard InChI is InChI=1S/C10H8ClF3O/c1-6(5-15)7-2-3-9(11)8(4-7)10(12,13)14/h2-4,15H,1,5H2. The molecule has 0 fully saturated rings. The van der Waals surface area contributed by atoms with E-state index in [1.54, 1.807) is 0 Å². The Balaban J connectivity index is 3.23. The Morgan fingerprint density at radius 2 is 2.00 bits per heavy atom. The van der Waals surface area contributed by atoms with Gasteiger partial charge in [-0.3, -0.25) is 0 Å². The second-order valence-electron chi connectivity index (χ2n) is 2.95. The van der Waals surface area contributed by atoms with Gasteiger partial charge in [-0.15, -0.1) is 0 Å². The van der Waals surface area contributed by atoms with E-state index in [-0.39, 0.29) is 22.8 Å². The molecule has 0 heterocycles. The molecule has 0 saturated carbocycles. The summed E-state index contributed by atoms with van der Waals surface area (Å²) in [4.78, 5) is 0. The molecule has 0 spiro atoms. The first kappa shape index (κ1) is 12.1. The number of benzene rings is 1. The first-order valence-corrected chi connectivity index (χ1v) is 4.40. The van der Waals surface area contributed by atoms with Gasteiger partial charge in [-0.2, -0.15) is 13.2 Å². The summed E-state index contributed by atoms with van der Waals surface area (Å²) in [7, 11) is 0. The number of aliphatic hydroxyl groups is 1. The first-order chi connectivity index (χ1) is 6.86. The van der Waals surface area contributed by atoms with Crippen LogP contribution < -0.4 is 0 Å². The topological polar surface area (TPSA) is 20.2 Å². The fraction of sp³-hybridized carbons (Fsp3) is 0.200. The van der Waals surface area contributed by atoms with Crippen molar-refractivity contribution in [1.82, 2.24) is 0 Å². The van der Waals surface area contributed by atoms with Crippen molar-refractivity contribution in [1.29, 1.82) is 0 Å². The van der Waals surface area contributed by atoms with E-state index in [0.29, 0.717) is 0 Å². The van der Waals surface area contributed by atoms with Crippen molar-refractivity contribution in [2.75, 3.05) is 6.61 Å². The van der Waals surface area contributed by atoms with Crippen molar-refractivity contribution in [3.63, 3.8) is 0 Å². The minimum absolute atomic E-state index is 0.220. The van der Waals surface area contributed by atoms with Crippen molar-refractivity contribution in [2.45, 2.75) is 6.18 Å². The average Bonchev–Trinajstić information content (AvgIpc) is 2.15. The van der Waals surface area contributed by atoms with Crippen molar-refractivity contribution in [2.24, 2.45) is 0 Å². The summed E-state index contributed by atoms with van der Waals surface area (Å²) in [5.74, 6) is 0. The smallest absolute Gasteiger partial charge is 0.392 e. The Hall–Kier alpha value is -1.00. The normalized spacial score (nSPS) is 11.5. The van der Waals surface area contributed by atoms with Crippen molar-refractivity contribution in [3.05, 3.63) is 40.9 Å². The molecule has 0 unspecified atom stereocenters. The summed E-state index contributed by atoms with van der Waals surface area (Å²) in [6.45, 7) is 3.05. The molecule has 15 heavy (non-hydrogen) atoms. The molecule has 82 valence electrons. The molecule has 0 aliphatic carbocycles. The largest absolute Gasteiger partial charge is 0.417 e. The third kappa shape index (κ3) is 2.73. The van der Waals surface area contributed by atoms with E-state index < -0.39 is 11.7 Å². The molecule has 1 nitrogen and oxygen atoms in total. The third-order valence-corrected chi connectivity index (χ3v) is 2.20. The van der Waals surface area contributed by atoms with E-state index in [9.17, 15) is 13.2 Å². The quantitative estimate of drug-likeness (QED) is 0.835. The monoisotopic (exact) mass is 236 g/mol. The summed E-state index contributed by atoms with van der Waals surface area (Å²) >= 11 is 5.42. The maximum absolute atomic E-state index is 12.4. The van der Waals surface area contributed by atoms with Crippen LogP contribution in [0.5, 0.6) is 0 Å². The highest BCUT2D eigenvalue weighted by atomic mass is 35.5. The van der Waals surface area contributed by atoms with Gasteiger partial charge in [-0.1, -0.05) is 24.2 Å². The van der Waals surface area contributed by atoms with E-state index in [4.69, 9.17) is 16.7 Å². The Morgan fingerprint density at radius 3 is 2.47 bits per heavy atom. The Labute approximate surface area is 89.8 Å². The molecular formula is C10H8ClF3O. The molecule has 1 aromatic carbocycles. The summed E-state index contributed by atoms with van der Waals surface area (Å²) in [6, 6.07) is 3.40. The van der Waals surface area contributed by atoms with Gasteiger partial charge in [-0.05, 0) is 23.3 Å². The second-order valence-corrected chi connectivity index (χ2v) is 3.36. The van der Waals surface area contributed by atoms with Crippen LogP contribution in [0.25, 0.3) is 5.57 Å². The predicted octanol–water partition coefficient (Wildman–Crippen LogP) is 3.36. The van der Waals surface area contributed by atoms with E-state index in [1.807, 2.05) is 0 Å². The van der Waals surface area contributed by atoms with Gasteiger partial charge in [0.2, 0.25) is 0 Å². The molecule has 0 aliphatic heterocycles. The molecule has 0 aromatic heterocycles. The van der Waals surface area contributed by atoms with Gasteiger partial charge in [0.1, 0.15) is 0 Å². The van der Waals surface area contributed by atoms with Crippen LogP contribution in [0.3, 0.4) is 0 Å². The number of halogens is 4. The molecule has 0 aliphatic rings. The molecule has 1 rings (SSSR count). The lowest BCUT2D eigenvalue weighted by molar-refractivity contribution is -0.137. The molecule has 1 aromatic rings. The number of hydrogen-bond donors (Lipinski definition) is 1. The van der Waals surface area contributed by atoms with Gasteiger partial charge in [0.05, 0.1) is 17.2 Å². The van der Waals surface area contributed by atoms with Gasteiger partial charge in [-0.25, -0.2) is 0 Å². The highest BCUT2D eigenvalue weighted by molar-refractivity contribution is 6.31. The summed E-state index contributed by atoms with van der Waals surface area (Å²) in [5, 5.41) is 8.37. The van der Waals surface area contributed by atoms with Gasteiger partial charge in [0.25, 0.3) is 0 Å². The number of hydrogen-bond acceptors (Lipinski definition) is 1. The van der Waals surface area contributed by atoms with Crippen LogP contribution >= 0.6 is 11.6 Å². The molecule has 0 amide bonds. The maximum Gasteiger partial charge on any atom is 0.417 e. The summed E-state index contributed by atoms with van der Waals surface area (Å²) in [6.07, 6.45) is -4.50. The fourth-order valence-electron chi connectivity index (χ4n) is 1.05. The van der Waals surface area contributed by atoms with Gasteiger partial charge in [0, 0.05) is 0 Å². The lowest BCUT2D eigenvalue weighted by Gasteiger charge is -2.11. The molecule has 0 bridgehead atoms. The van der Waals surface area contributed by atoms with Crippen LogP contribution in [0.15, 0.2) is 24.8 Å². The van der Waals surface area contributed by atoms with E-state index in [2.05, 4.69) is 6.58 Å². The first-order valence-electron chi connectivity index (χ1n) is 4.02. The highest BCUT2D eigenvalue weighted by Crippen LogP contribution is 2.35. The number of rotatable bonds is 2. The lowest BCUT2D eigenvalue weighted by atomic mass is 10.0. The molecule has 0 radical (unpaired) electrons. The molecule has 0 atom stereocenters. The zero-order valence-corrected chi connectivity index (χ0v) is 8.36. The number of alkyl halides is 3. The molecular weight excluding hydrogens is 229 g/mol. The average molecular weight is 237 g/mol. The zero-order chi connectivity index (χ0) is 11.6. The van der Waals surface area contributed by atoms with Crippen LogP contribution in [-0.4, -0.2) is 11.7 Å². The number of aliphatic hydroxyl groups excluding tert-OH is 1. The van der Waals surface area contributed by atoms with Gasteiger partial charge >= 0.3 is 6.18 Å². The summed E-state index contributed by atoms with van der Waals surface area (Å²) < 4.78 is 37.3. The lowest BCUT2D eigenvalue weighted by Crippen LogP contribution is -2.06. The molecule has 5 heteroatoms. The summed E-state index contributed by atoms with van der Waals surface area (Å²) in [5.41, 5.74) is -0.470. The SMILES string of the molecule is C=C(CO)c1ccc(Cl)c(C(F)(F)F)c1. The fourth-order valence-corrected chi connectivity index (χ4v) is 1.28. The van der Waals surface area contributed by atoms with Crippen LogP contribution in [-0.2, 0) is 6.18 Å². The van der Waals surface area contributed by atoms with Crippen LogP contribution in [0, 0.1) is 0 Å². The highest BCUT2D eigenvalue weighted by Gasteiger charge is 2.33. The minimum Gasteiger partial charge on any atom is -0.392 e. The van der Waals surface area contributed by atoms with Crippen molar-refractivity contribution < 1.29 is 18.3 Å². The molecule has 1 N–H and O–H groups in total. The predicted molar refractivity (Wildman–Crippen MR) is 52.6 cm³/mol. The minimum atomic E-state index is -4.50. The van der Waals surface area contributed by atoms with E-state index in [1.165, 1.54) is 6.07 Å². The van der Waals surface area contributed by atoms with Crippen molar-refractivity contribution >= 4 is 17.2 Å². The molecule has 0 saturated heterocycles. The van der Waals surface area contributed by atoms with Gasteiger partial charge < -0.3 is 5.11 Å². The Morgan fingerprint density at radius 1 is 1.40 bits per heavy atom. The Kier molecular flexibility index (Phi) is 3.42. The third-order valence-electron chi connectivity index (χ3n) is 1.87. The van der Waals surface area contributed by atoms with Gasteiger partial charge in [0.15, 0.2) is 0 Å². The Bertz CT molecular complexity index is 385. The zero-order valence-electron chi connectivity index (χ0n) is 7.61. The maximum atomic E-state index is 12.4. The second kappa shape index (κ2) is 4.24. The van der Waals surface area contributed by atoms with Crippen molar-refractivity contribution in [3.8, 4) is 0 Å². The van der Waals surface area contributed by atoms with Crippen LogP contribution in [0.1, 0.15) is 11.1 Å². The van der Waals surface area contributed by atoms with Crippen LogP contribution in [0.2, 0.25) is 5.02 Å². The van der Waals surface area contributed by atoms with E-state index in [0.717, 1.165) is 12.1 Å². The van der Waals surface area contributed by atoms with E-state index >= 15 is 0 Å².